The van der Waals surface area contributed by atoms with Gasteiger partial charge in [0, 0.05) is 46.6 Å². The zero-order valence-corrected chi connectivity index (χ0v) is 17.5. The number of guanidine groups is 1. The zero-order chi connectivity index (χ0) is 21.6. The Hall–Kier alpha value is -2.58. The van der Waals surface area contributed by atoms with E-state index in [1.165, 1.54) is 31.4 Å². The number of alkyl halides is 3. The van der Waals surface area contributed by atoms with Crippen LogP contribution in [0.1, 0.15) is 48.5 Å². The molecule has 30 heavy (non-hydrogen) atoms. The number of nitrogens with zero attached hydrogens (tertiary/aromatic N) is 5. The lowest BCUT2D eigenvalue weighted by Gasteiger charge is -2.22. The van der Waals surface area contributed by atoms with Crippen molar-refractivity contribution in [3.63, 3.8) is 0 Å². The van der Waals surface area contributed by atoms with Crippen LogP contribution in [0, 0.1) is 0 Å². The Kier molecular flexibility index (Phi) is 7.33. The molecule has 0 atom stereocenters. The zero-order valence-electron chi connectivity index (χ0n) is 17.5. The number of fused-ring (bicyclic) bond motifs is 1. The SMILES string of the molecule is CN=C(NCCCc1nnc2n1CCCCC2)N(C)Cc1ccc(C(F)(F)F)cc1. The first kappa shape index (κ1) is 22.1. The van der Waals surface area contributed by atoms with Crippen molar-refractivity contribution in [3.05, 3.63) is 47.0 Å². The molecule has 0 unspecified atom stereocenters. The largest absolute Gasteiger partial charge is 0.416 e. The maximum absolute atomic E-state index is 12.7. The summed E-state index contributed by atoms with van der Waals surface area (Å²) >= 11 is 0. The molecule has 0 bridgehead atoms. The van der Waals surface area contributed by atoms with E-state index in [0.717, 1.165) is 61.7 Å². The van der Waals surface area contributed by atoms with Crippen molar-refractivity contribution in [2.45, 2.75) is 57.8 Å². The lowest BCUT2D eigenvalue weighted by molar-refractivity contribution is -0.137. The number of aryl methyl sites for hydroxylation is 2. The number of benzene rings is 1. The average molecular weight is 422 g/mol. The number of nitrogens with one attached hydrogen (secondary N) is 1. The molecular formula is C21H29F3N6. The molecule has 1 aromatic heterocycles. The van der Waals surface area contributed by atoms with Gasteiger partial charge in [0.25, 0.3) is 0 Å². The highest BCUT2D eigenvalue weighted by molar-refractivity contribution is 5.79. The van der Waals surface area contributed by atoms with E-state index < -0.39 is 11.7 Å². The molecule has 0 saturated heterocycles. The molecule has 3 rings (SSSR count). The van der Waals surface area contributed by atoms with Crippen LogP contribution < -0.4 is 5.32 Å². The fraction of sp³-hybridized carbons (Fsp3) is 0.571. The summed E-state index contributed by atoms with van der Waals surface area (Å²) in [6, 6.07) is 5.23. The van der Waals surface area contributed by atoms with Crippen LogP contribution >= 0.6 is 0 Å². The first-order chi connectivity index (χ1) is 14.4. The van der Waals surface area contributed by atoms with Crippen LogP contribution in [0.25, 0.3) is 0 Å². The van der Waals surface area contributed by atoms with Crippen LogP contribution in [0.2, 0.25) is 0 Å². The van der Waals surface area contributed by atoms with Crippen molar-refractivity contribution >= 4 is 5.96 Å². The van der Waals surface area contributed by atoms with Crippen molar-refractivity contribution in [2.75, 3.05) is 20.6 Å². The Morgan fingerprint density at radius 2 is 1.93 bits per heavy atom. The van der Waals surface area contributed by atoms with Gasteiger partial charge < -0.3 is 14.8 Å². The first-order valence-electron chi connectivity index (χ1n) is 10.4. The molecule has 0 saturated carbocycles. The van der Waals surface area contributed by atoms with Crippen LogP contribution in [0.15, 0.2) is 29.3 Å². The van der Waals surface area contributed by atoms with Gasteiger partial charge in [-0.15, -0.1) is 10.2 Å². The average Bonchev–Trinajstić information content (AvgIpc) is 2.93. The normalized spacial score (nSPS) is 14.9. The summed E-state index contributed by atoms with van der Waals surface area (Å²) in [5.41, 5.74) is 0.155. The summed E-state index contributed by atoms with van der Waals surface area (Å²) in [7, 11) is 3.56. The summed E-state index contributed by atoms with van der Waals surface area (Å²) in [4.78, 5) is 6.17. The summed E-state index contributed by atoms with van der Waals surface area (Å²) in [6.07, 6.45) is 2.03. The highest BCUT2D eigenvalue weighted by Crippen LogP contribution is 2.29. The quantitative estimate of drug-likeness (QED) is 0.439. The standard InChI is InChI=1S/C21H29F3N6/c1-25-20(29(2)15-16-9-11-17(12-10-16)21(22,23)24)26-13-6-8-19-28-27-18-7-4-3-5-14-30(18)19/h9-12H,3-8,13-15H2,1-2H3,(H,25,26). The first-order valence-corrected chi connectivity index (χ1v) is 10.4. The lowest BCUT2D eigenvalue weighted by Crippen LogP contribution is -2.39. The van der Waals surface area contributed by atoms with Gasteiger partial charge in [-0.3, -0.25) is 4.99 Å². The summed E-state index contributed by atoms with van der Waals surface area (Å²) in [5, 5.41) is 12.0. The van der Waals surface area contributed by atoms with E-state index in [1.54, 1.807) is 7.05 Å². The summed E-state index contributed by atoms with van der Waals surface area (Å²) in [5.74, 6) is 2.85. The van der Waals surface area contributed by atoms with Crippen LogP contribution in [0.3, 0.4) is 0 Å². The minimum atomic E-state index is -4.31. The lowest BCUT2D eigenvalue weighted by atomic mass is 10.1. The van der Waals surface area contributed by atoms with Gasteiger partial charge >= 0.3 is 6.18 Å². The molecule has 9 heteroatoms. The minimum Gasteiger partial charge on any atom is -0.356 e. The van der Waals surface area contributed by atoms with E-state index in [-0.39, 0.29) is 0 Å². The number of halogens is 3. The van der Waals surface area contributed by atoms with E-state index >= 15 is 0 Å². The molecule has 0 spiro atoms. The molecule has 1 aliphatic rings. The molecule has 0 amide bonds. The second-order valence-electron chi connectivity index (χ2n) is 7.62. The van der Waals surface area contributed by atoms with Crippen molar-refractivity contribution < 1.29 is 13.2 Å². The minimum absolute atomic E-state index is 0.468. The van der Waals surface area contributed by atoms with Crippen LogP contribution in [0.5, 0.6) is 0 Å². The van der Waals surface area contributed by atoms with Gasteiger partial charge in [-0.2, -0.15) is 13.2 Å². The Labute approximate surface area is 175 Å². The highest BCUT2D eigenvalue weighted by atomic mass is 19.4. The highest BCUT2D eigenvalue weighted by Gasteiger charge is 2.29. The van der Waals surface area contributed by atoms with Crippen LogP contribution in [-0.4, -0.2) is 46.3 Å². The molecule has 0 aliphatic carbocycles. The molecule has 2 aromatic rings. The van der Waals surface area contributed by atoms with E-state index in [4.69, 9.17) is 0 Å². The third-order valence-electron chi connectivity index (χ3n) is 5.32. The molecule has 164 valence electrons. The topological polar surface area (TPSA) is 58.3 Å². The Bertz CT molecular complexity index is 841. The van der Waals surface area contributed by atoms with E-state index in [2.05, 4.69) is 25.1 Å². The van der Waals surface area contributed by atoms with E-state index in [1.807, 2.05) is 11.9 Å². The Morgan fingerprint density at radius 1 is 1.17 bits per heavy atom. The molecule has 1 aliphatic heterocycles. The Balaban J connectivity index is 1.47. The van der Waals surface area contributed by atoms with Gasteiger partial charge in [0.15, 0.2) is 5.96 Å². The fourth-order valence-corrected chi connectivity index (χ4v) is 3.71. The Morgan fingerprint density at radius 3 is 2.63 bits per heavy atom. The molecule has 1 aromatic carbocycles. The van der Waals surface area contributed by atoms with E-state index in [0.29, 0.717) is 12.5 Å². The fourth-order valence-electron chi connectivity index (χ4n) is 3.71. The number of aromatic nitrogens is 3. The molecule has 6 nitrogen and oxygen atoms in total. The van der Waals surface area contributed by atoms with Gasteiger partial charge in [-0.05, 0) is 37.0 Å². The summed E-state index contributed by atoms with van der Waals surface area (Å²) in [6.45, 7) is 2.20. The second kappa shape index (κ2) is 9.95. The van der Waals surface area contributed by atoms with Crippen molar-refractivity contribution in [2.24, 2.45) is 4.99 Å². The molecule has 1 N–H and O–H groups in total. The predicted molar refractivity (Wildman–Crippen MR) is 110 cm³/mol. The molecule has 2 heterocycles. The molecule has 0 radical (unpaired) electrons. The monoisotopic (exact) mass is 422 g/mol. The predicted octanol–water partition coefficient (Wildman–Crippen LogP) is 3.66. The molecule has 0 fully saturated rings. The van der Waals surface area contributed by atoms with Crippen molar-refractivity contribution in [1.29, 1.82) is 0 Å². The van der Waals surface area contributed by atoms with Gasteiger partial charge in [0.2, 0.25) is 0 Å². The van der Waals surface area contributed by atoms with Crippen molar-refractivity contribution in [1.82, 2.24) is 25.0 Å². The number of hydrogen-bond donors (Lipinski definition) is 1. The van der Waals surface area contributed by atoms with E-state index in [9.17, 15) is 13.2 Å². The van der Waals surface area contributed by atoms with Gasteiger partial charge in [0.05, 0.1) is 5.56 Å². The smallest absolute Gasteiger partial charge is 0.356 e. The third-order valence-corrected chi connectivity index (χ3v) is 5.32. The number of hydrogen-bond acceptors (Lipinski definition) is 3. The number of aliphatic imine (C=N–C) groups is 1. The van der Waals surface area contributed by atoms with Gasteiger partial charge in [-0.1, -0.05) is 18.6 Å². The van der Waals surface area contributed by atoms with Gasteiger partial charge in [-0.25, -0.2) is 0 Å². The second-order valence-corrected chi connectivity index (χ2v) is 7.62. The maximum Gasteiger partial charge on any atom is 0.416 e. The van der Waals surface area contributed by atoms with Crippen molar-refractivity contribution in [3.8, 4) is 0 Å². The maximum atomic E-state index is 12.7. The number of rotatable bonds is 6. The van der Waals surface area contributed by atoms with Gasteiger partial charge in [0.1, 0.15) is 11.6 Å². The third kappa shape index (κ3) is 5.73. The van der Waals surface area contributed by atoms with Crippen LogP contribution in [0.4, 0.5) is 13.2 Å². The van der Waals surface area contributed by atoms with Crippen LogP contribution in [-0.2, 0) is 32.1 Å². The summed E-state index contributed by atoms with van der Waals surface area (Å²) < 4.78 is 40.4. The molecular weight excluding hydrogens is 393 g/mol.